The third-order valence-electron chi connectivity index (χ3n) is 5.00. The number of nitrogens with two attached hydrogens (primary N) is 1. The predicted molar refractivity (Wildman–Crippen MR) is 80.7 cm³/mol. The molecule has 1 fully saturated rings. The van der Waals surface area contributed by atoms with Crippen LogP contribution < -0.4 is 5.73 Å². The topological polar surface area (TPSA) is 29.3 Å². The second kappa shape index (κ2) is 5.92. The van der Waals surface area contributed by atoms with Crippen molar-refractivity contribution in [3.05, 3.63) is 0 Å². The fraction of sp³-hybridized carbons (Fsp3) is 1.00. The summed E-state index contributed by atoms with van der Waals surface area (Å²) < 4.78 is 0. The zero-order chi connectivity index (χ0) is 14.0. The lowest BCUT2D eigenvalue weighted by molar-refractivity contribution is 0.0344. The molecular formula is C16H34N2. The summed E-state index contributed by atoms with van der Waals surface area (Å²) >= 11 is 0. The van der Waals surface area contributed by atoms with Crippen LogP contribution in [0.25, 0.3) is 0 Å². The molecule has 0 saturated heterocycles. The van der Waals surface area contributed by atoms with Crippen LogP contribution in [0.15, 0.2) is 0 Å². The van der Waals surface area contributed by atoms with Gasteiger partial charge in [0.1, 0.15) is 0 Å². The molecule has 0 spiro atoms. The highest BCUT2D eigenvalue weighted by atomic mass is 15.2. The Kier molecular flexibility index (Phi) is 5.25. The molecule has 0 amide bonds. The second-order valence-electron chi connectivity index (χ2n) is 7.81. The van der Waals surface area contributed by atoms with Gasteiger partial charge in [0.2, 0.25) is 0 Å². The van der Waals surface area contributed by atoms with Gasteiger partial charge in [0.15, 0.2) is 0 Å². The molecule has 18 heavy (non-hydrogen) atoms. The van der Waals surface area contributed by atoms with Crippen molar-refractivity contribution in [3.63, 3.8) is 0 Å². The number of hydrogen-bond donors (Lipinski definition) is 1. The zero-order valence-electron chi connectivity index (χ0n) is 13.4. The Labute approximate surface area is 114 Å². The van der Waals surface area contributed by atoms with Gasteiger partial charge in [0.05, 0.1) is 0 Å². The minimum Gasteiger partial charge on any atom is -0.329 e. The summed E-state index contributed by atoms with van der Waals surface area (Å²) in [7, 11) is 2.29. The first kappa shape index (κ1) is 16.0. The van der Waals surface area contributed by atoms with Gasteiger partial charge in [-0.3, -0.25) is 4.90 Å². The molecule has 1 saturated carbocycles. The molecule has 0 aliphatic heterocycles. The van der Waals surface area contributed by atoms with Gasteiger partial charge in [0.25, 0.3) is 0 Å². The van der Waals surface area contributed by atoms with Gasteiger partial charge >= 0.3 is 0 Å². The van der Waals surface area contributed by atoms with Gasteiger partial charge in [-0.2, -0.15) is 0 Å². The van der Waals surface area contributed by atoms with Crippen LogP contribution in [0.2, 0.25) is 0 Å². The van der Waals surface area contributed by atoms with Crippen molar-refractivity contribution in [1.82, 2.24) is 4.90 Å². The molecule has 1 unspecified atom stereocenters. The molecule has 2 heteroatoms. The van der Waals surface area contributed by atoms with Crippen molar-refractivity contribution in [2.24, 2.45) is 17.1 Å². The predicted octanol–water partition coefficient (Wildman–Crippen LogP) is 3.65. The van der Waals surface area contributed by atoms with Crippen molar-refractivity contribution in [2.75, 3.05) is 13.6 Å². The lowest BCUT2D eigenvalue weighted by Gasteiger charge is -2.47. The van der Waals surface area contributed by atoms with E-state index in [1.165, 1.54) is 32.1 Å². The Morgan fingerprint density at radius 1 is 1.28 bits per heavy atom. The van der Waals surface area contributed by atoms with E-state index in [4.69, 9.17) is 5.73 Å². The van der Waals surface area contributed by atoms with Gasteiger partial charge in [-0.1, -0.05) is 27.7 Å². The van der Waals surface area contributed by atoms with Crippen molar-refractivity contribution < 1.29 is 0 Å². The van der Waals surface area contributed by atoms with Crippen molar-refractivity contribution in [3.8, 4) is 0 Å². The van der Waals surface area contributed by atoms with Crippen LogP contribution in [0.4, 0.5) is 0 Å². The van der Waals surface area contributed by atoms with Crippen LogP contribution in [-0.2, 0) is 0 Å². The Morgan fingerprint density at radius 3 is 2.17 bits per heavy atom. The van der Waals surface area contributed by atoms with Gasteiger partial charge in [-0.25, -0.2) is 0 Å². The largest absolute Gasteiger partial charge is 0.329 e. The maximum absolute atomic E-state index is 6.07. The number of hydrogen-bond acceptors (Lipinski definition) is 2. The van der Waals surface area contributed by atoms with E-state index in [-0.39, 0.29) is 5.54 Å². The Bertz CT molecular complexity index is 250. The average Bonchev–Trinajstić information content (AvgIpc) is 2.27. The summed E-state index contributed by atoms with van der Waals surface area (Å²) in [6, 6.07) is 0.727. The monoisotopic (exact) mass is 254 g/mol. The van der Waals surface area contributed by atoms with E-state index in [2.05, 4.69) is 46.6 Å². The molecule has 1 rings (SSSR count). The highest BCUT2D eigenvalue weighted by Crippen LogP contribution is 2.38. The minimum atomic E-state index is 0.167. The second-order valence-corrected chi connectivity index (χ2v) is 7.81. The van der Waals surface area contributed by atoms with E-state index >= 15 is 0 Å². The molecule has 1 atom stereocenters. The highest BCUT2D eigenvalue weighted by molar-refractivity contribution is 4.93. The quantitative estimate of drug-likeness (QED) is 0.811. The standard InChI is InChI=1S/C16H34N2/c1-13(2)11-16(5,12-17)18(6)14-7-9-15(3,4)10-8-14/h13-14H,7-12,17H2,1-6H3. The van der Waals surface area contributed by atoms with E-state index in [9.17, 15) is 0 Å². The number of likely N-dealkylation sites (N-methyl/N-ethyl adjacent to an activating group) is 1. The first-order chi connectivity index (χ1) is 8.20. The molecule has 2 nitrogen and oxygen atoms in total. The van der Waals surface area contributed by atoms with Crippen LogP contribution in [0.5, 0.6) is 0 Å². The molecule has 1 aliphatic carbocycles. The van der Waals surface area contributed by atoms with E-state index in [1.54, 1.807) is 0 Å². The smallest absolute Gasteiger partial charge is 0.0305 e. The first-order valence-corrected chi connectivity index (χ1v) is 7.63. The normalized spacial score (nSPS) is 24.5. The molecule has 2 N–H and O–H groups in total. The molecule has 0 aromatic heterocycles. The molecule has 0 aromatic rings. The molecule has 108 valence electrons. The Morgan fingerprint density at radius 2 is 1.78 bits per heavy atom. The molecule has 0 radical (unpaired) electrons. The van der Waals surface area contributed by atoms with E-state index in [1.807, 2.05) is 0 Å². The van der Waals surface area contributed by atoms with E-state index < -0.39 is 0 Å². The summed E-state index contributed by atoms with van der Waals surface area (Å²) in [5.41, 5.74) is 6.79. The molecule has 0 heterocycles. The first-order valence-electron chi connectivity index (χ1n) is 7.63. The summed E-state index contributed by atoms with van der Waals surface area (Å²) in [5.74, 6) is 0.709. The average molecular weight is 254 g/mol. The van der Waals surface area contributed by atoms with Crippen LogP contribution in [-0.4, -0.2) is 30.1 Å². The molecule has 0 aromatic carbocycles. The van der Waals surface area contributed by atoms with E-state index in [0.29, 0.717) is 11.3 Å². The third kappa shape index (κ3) is 3.96. The van der Waals surface area contributed by atoms with Gasteiger partial charge in [-0.15, -0.1) is 0 Å². The number of nitrogens with zero attached hydrogens (tertiary/aromatic N) is 1. The Balaban J connectivity index is 2.65. The molecule has 0 bridgehead atoms. The Hall–Kier alpha value is -0.0800. The van der Waals surface area contributed by atoms with E-state index in [0.717, 1.165) is 12.6 Å². The fourth-order valence-electron chi connectivity index (χ4n) is 3.46. The molecular weight excluding hydrogens is 220 g/mol. The SMILES string of the molecule is CC(C)CC(C)(CN)N(C)C1CCC(C)(C)CC1. The highest BCUT2D eigenvalue weighted by Gasteiger charge is 2.36. The molecule has 1 aliphatic rings. The van der Waals surface area contributed by atoms with Crippen LogP contribution in [0.1, 0.15) is 66.7 Å². The van der Waals surface area contributed by atoms with Gasteiger partial charge in [-0.05, 0) is 57.4 Å². The summed E-state index contributed by atoms with van der Waals surface area (Å²) in [6.07, 6.45) is 6.56. The van der Waals surface area contributed by atoms with Crippen LogP contribution >= 0.6 is 0 Å². The van der Waals surface area contributed by atoms with Gasteiger partial charge < -0.3 is 5.73 Å². The maximum Gasteiger partial charge on any atom is 0.0305 e. The summed E-state index contributed by atoms with van der Waals surface area (Å²) in [4.78, 5) is 2.59. The van der Waals surface area contributed by atoms with Gasteiger partial charge in [0, 0.05) is 18.1 Å². The summed E-state index contributed by atoms with van der Waals surface area (Å²) in [6.45, 7) is 12.5. The lowest BCUT2D eigenvalue weighted by atomic mass is 9.74. The lowest BCUT2D eigenvalue weighted by Crippen LogP contribution is -2.55. The summed E-state index contributed by atoms with van der Waals surface area (Å²) in [5, 5.41) is 0. The fourth-order valence-corrected chi connectivity index (χ4v) is 3.46. The van der Waals surface area contributed by atoms with Crippen LogP contribution in [0, 0.1) is 11.3 Å². The third-order valence-corrected chi connectivity index (χ3v) is 5.00. The zero-order valence-corrected chi connectivity index (χ0v) is 13.4. The van der Waals surface area contributed by atoms with Crippen molar-refractivity contribution in [1.29, 1.82) is 0 Å². The van der Waals surface area contributed by atoms with Crippen molar-refractivity contribution in [2.45, 2.75) is 78.3 Å². The van der Waals surface area contributed by atoms with Crippen LogP contribution in [0.3, 0.4) is 0 Å². The minimum absolute atomic E-state index is 0.167. The number of rotatable bonds is 5. The maximum atomic E-state index is 6.07. The van der Waals surface area contributed by atoms with Crippen molar-refractivity contribution >= 4 is 0 Å².